The minimum atomic E-state index is -0.246. The molecule has 0 saturated carbocycles. The summed E-state index contributed by atoms with van der Waals surface area (Å²) in [5.41, 5.74) is 0.173. The van der Waals surface area contributed by atoms with Gasteiger partial charge in [-0.05, 0) is 6.42 Å². The lowest BCUT2D eigenvalue weighted by molar-refractivity contribution is 0.638. The molecule has 0 aromatic carbocycles. The minimum Gasteiger partial charge on any atom is -0.334 e. The van der Waals surface area contributed by atoms with E-state index in [-0.39, 0.29) is 11.5 Å². The molecular formula is C10H18N4OS. The molecule has 0 aliphatic heterocycles. The van der Waals surface area contributed by atoms with Crippen molar-refractivity contribution >= 4 is 11.8 Å². The van der Waals surface area contributed by atoms with Gasteiger partial charge in [0.15, 0.2) is 0 Å². The lowest BCUT2D eigenvalue weighted by Gasteiger charge is -2.08. The van der Waals surface area contributed by atoms with E-state index in [0.717, 1.165) is 23.3 Å². The number of nitrogens with two attached hydrogens (primary N) is 1. The minimum absolute atomic E-state index is 0.0458. The molecule has 0 unspecified atom stereocenters. The zero-order chi connectivity index (χ0) is 12.1. The van der Waals surface area contributed by atoms with Gasteiger partial charge in [0, 0.05) is 11.7 Å². The highest BCUT2D eigenvalue weighted by Crippen LogP contribution is 2.14. The van der Waals surface area contributed by atoms with Gasteiger partial charge in [-0.25, -0.2) is 0 Å². The fraction of sp³-hybridized carbons (Fsp3) is 0.700. The maximum atomic E-state index is 11.8. The average molecular weight is 242 g/mol. The van der Waals surface area contributed by atoms with Crippen LogP contribution in [0, 0.1) is 0 Å². The maximum Gasteiger partial charge on any atom is 0.294 e. The van der Waals surface area contributed by atoms with Crippen molar-refractivity contribution in [1.82, 2.24) is 14.9 Å². The highest BCUT2D eigenvalue weighted by Gasteiger charge is 2.12. The molecule has 1 aromatic heterocycles. The van der Waals surface area contributed by atoms with Crippen molar-refractivity contribution in [1.29, 1.82) is 0 Å². The SMILES string of the molecule is CCCCSc1nnc(C(C)C)c(=O)n1N. The molecule has 6 heteroatoms. The van der Waals surface area contributed by atoms with E-state index in [2.05, 4.69) is 17.1 Å². The van der Waals surface area contributed by atoms with E-state index >= 15 is 0 Å². The molecule has 16 heavy (non-hydrogen) atoms. The standard InChI is InChI=1S/C10H18N4OS/c1-4-5-6-16-10-13-12-8(7(2)3)9(15)14(10)11/h7H,4-6,11H2,1-3H3. The van der Waals surface area contributed by atoms with Gasteiger partial charge in [0.05, 0.1) is 0 Å². The zero-order valence-electron chi connectivity index (χ0n) is 9.93. The second kappa shape index (κ2) is 5.89. The van der Waals surface area contributed by atoms with Gasteiger partial charge in [-0.1, -0.05) is 39.0 Å². The Morgan fingerprint density at radius 3 is 2.69 bits per heavy atom. The third kappa shape index (κ3) is 2.98. The number of nitrogens with zero attached hydrogens (tertiary/aromatic N) is 3. The average Bonchev–Trinajstić information content (AvgIpc) is 2.24. The fourth-order valence-electron chi connectivity index (χ4n) is 1.17. The fourth-order valence-corrected chi connectivity index (χ4v) is 2.10. The summed E-state index contributed by atoms with van der Waals surface area (Å²) in [5, 5.41) is 8.40. The van der Waals surface area contributed by atoms with E-state index in [1.54, 1.807) is 0 Å². The van der Waals surface area contributed by atoms with Crippen LogP contribution in [0.25, 0.3) is 0 Å². The normalized spacial score (nSPS) is 11.0. The Morgan fingerprint density at radius 2 is 2.12 bits per heavy atom. The summed E-state index contributed by atoms with van der Waals surface area (Å²) in [6.07, 6.45) is 2.19. The number of hydrogen-bond acceptors (Lipinski definition) is 5. The molecule has 0 aliphatic carbocycles. The van der Waals surface area contributed by atoms with E-state index in [9.17, 15) is 4.79 Å². The van der Waals surface area contributed by atoms with Crippen LogP contribution in [0.3, 0.4) is 0 Å². The van der Waals surface area contributed by atoms with Gasteiger partial charge in [0.1, 0.15) is 5.69 Å². The molecule has 0 radical (unpaired) electrons. The lowest BCUT2D eigenvalue weighted by atomic mass is 10.1. The summed E-state index contributed by atoms with van der Waals surface area (Å²) in [7, 11) is 0. The number of hydrogen-bond donors (Lipinski definition) is 1. The summed E-state index contributed by atoms with van der Waals surface area (Å²) in [6, 6.07) is 0. The summed E-state index contributed by atoms with van der Waals surface area (Å²) < 4.78 is 1.10. The molecule has 0 bridgehead atoms. The first-order valence-corrected chi connectivity index (χ1v) is 6.44. The first-order valence-electron chi connectivity index (χ1n) is 5.45. The number of rotatable bonds is 5. The van der Waals surface area contributed by atoms with E-state index in [1.807, 2.05) is 13.8 Å². The predicted octanol–water partition coefficient (Wildman–Crippen LogP) is 1.37. The highest BCUT2D eigenvalue weighted by molar-refractivity contribution is 7.99. The Bertz CT molecular complexity index is 402. The van der Waals surface area contributed by atoms with Crippen LogP contribution in [0.15, 0.2) is 9.95 Å². The number of thioether (sulfide) groups is 1. The monoisotopic (exact) mass is 242 g/mol. The molecule has 0 saturated heterocycles. The Balaban J connectivity index is 2.90. The molecule has 1 aromatic rings. The Morgan fingerprint density at radius 1 is 1.44 bits per heavy atom. The third-order valence-corrected chi connectivity index (χ3v) is 3.19. The van der Waals surface area contributed by atoms with E-state index in [4.69, 9.17) is 5.84 Å². The van der Waals surface area contributed by atoms with Crippen LogP contribution >= 0.6 is 11.8 Å². The van der Waals surface area contributed by atoms with Gasteiger partial charge in [-0.2, -0.15) is 4.68 Å². The third-order valence-electron chi connectivity index (χ3n) is 2.16. The van der Waals surface area contributed by atoms with Crippen LogP contribution in [0.1, 0.15) is 45.2 Å². The number of unbranched alkanes of at least 4 members (excludes halogenated alkanes) is 1. The first-order chi connectivity index (χ1) is 7.57. The summed E-state index contributed by atoms with van der Waals surface area (Å²) in [6.45, 7) is 5.91. The molecule has 1 heterocycles. The lowest BCUT2D eigenvalue weighted by Crippen LogP contribution is -2.34. The molecule has 0 atom stereocenters. The second-order valence-corrected chi connectivity index (χ2v) is 4.96. The molecule has 1 rings (SSSR count). The van der Waals surface area contributed by atoms with Crippen molar-refractivity contribution in [3.8, 4) is 0 Å². The first kappa shape index (κ1) is 13.0. The maximum absolute atomic E-state index is 11.8. The van der Waals surface area contributed by atoms with Crippen molar-refractivity contribution in [2.75, 3.05) is 11.6 Å². The van der Waals surface area contributed by atoms with Crippen LogP contribution in [0.2, 0.25) is 0 Å². The summed E-state index contributed by atoms with van der Waals surface area (Å²) >= 11 is 1.47. The largest absolute Gasteiger partial charge is 0.334 e. The summed E-state index contributed by atoms with van der Waals surface area (Å²) in [4.78, 5) is 11.8. The molecule has 5 nitrogen and oxygen atoms in total. The Labute approximate surface area is 99.4 Å². The van der Waals surface area contributed by atoms with E-state index < -0.39 is 0 Å². The van der Waals surface area contributed by atoms with Crippen molar-refractivity contribution in [3.05, 3.63) is 16.0 Å². The second-order valence-electron chi connectivity index (χ2n) is 3.90. The molecule has 0 fully saturated rings. The predicted molar refractivity (Wildman–Crippen MR) is 66.2 cm³/mol. The van der Waals surface area contributed by atoms with Gasteiger partial charge in [0.2, 0.25) is 5.16 Å². The van der Waals surface area contributed by atoms with Crippen LogP contribution in [0.5, 0.6) is 0 Å². The van der Waals surface area contributed by atoms with Gasteiger partial charge in [-0.3, -0.25) is 4.79 Å². The van der Waals surface area contributed by atoms with Crippen LogP contribution < -0.4 is 11.4 Å². The molecule has 0 aliphatic rings. The molecule has 2 N–H and O–H groups in total. The highest BCUT2D eigenvalue weighted by atomic mass is 32.2. The smallest absolute Gasteiger partial charge is 0.294 e. The van der Waals surface area contributed by atoms with Crippen molar-refractivity contribution in [2.45, 2.75) is 44.7 Å². The van der Waals surface area contributed by atoms with Gasteiger partial charge < -0.3 is 5.84 Å². The van der Waals surface area contributed by atoms with Crippen LogP contribution in [0.4, 0.5) is 0 Å². The quantitative estimate of drug-likeness (QED) is 0.479. The van der Waals surface area contributed by atoms with Crippen LogP contribution in [-0.2, 0) is 0 Å². The topological polar surface area (TPSA) is 73.8 Å². The number of aromatic nitrogens is 3. The summed E-state index contributed by atoms with van der Waals surface area (Å²) in [5.74, 6) is 6.64. The Hall–Kier alpha value is -1.04. The van der Waals surface area contributed by atoms with Crippen molar-refractivity contribution in [3.63, 3.8) is 0 Å². The van der Waals surface area contributed by atoms with Crippen molar-refractivity contribution in [2.24, 2.45) is 0 Å². The Kier molecular flexibility index (Phi) is 4.79. The van der Waals surface area contributed by atoms with Crippen LogP contribution in [-0.4, -0.2) is 20.6 Å². The zero-order valence-corrected chi connectivity index (χ0v) is 10.8. The van der Waals surface area contributed by atoms with E-state index in [0.29, 0.717) is 10.9 Å². The van der Waals surface area contributed by atoms with Crippen molar-refractivity contribution < 1.29 is 0 Å². The molecule has 0 spiro atoms. The molecule has 0 amide bonds. The van der Waals surface area contributed by atoms with Gasteiger partial charge in [-0.15, -0.1) is 10.2 Å². The van der Waals surface area contributed by atoms with Gasteiger partial charge >= 0.3 is 0 Å². The molecular weight excluding hydrogens is 224 g/mol. The van der Waals surface area contributed by atoms with Gasteiger partial charge in [0.25, 0.3) is 5.56 Å². The van der Waals surface area contributed by atoms with E-state index in [1.165, 1.54) is 11.8 Å². The number of nitrogen functional groups attached to an aromatic ring is 1. The molecule has 90 valence electrons.